The zero-order valence-electron chi connectivity index (χ0n) is 8.11. The van der Waals surface area contributed by atoms with E-state index in [0.29, 0.717) is 12.0 Å². The maximum Gasteiger partial charge on any atom is 0.281 e. The third kappa shape index (κ3) is 1.68. The Morgan fingerprint density at radius 1 is 1.44 bits per heavy atom. The molecule has 0 aliphatic rings. The highest BCUT2D eigenvalue weighted by molar-refractivity contribution is 5.82. The summed E-state index contributed by atoms with van der Waals surface area (Å²) in [4.78, 5) is 24.6. The lowest BCUT2D eigenvalue weighted by molar-refractivity contribution is -0.385. The molecule has 0 N–H and O–H groups in total. The van der Waals surface area contributed by atoms with Crippen molar-refractivity contribution in [2.45, 2.75) is 0 Å². The van der Waals surface area contributed by atoms with Crippen molar-refractivity contribution in [2.24, 2.45) is 0 Å². The van der Waals surface area contributed by atoms with E-state index in [4.69, 9.17) is 0 Å². The third-order valence-electron chi connectivity index (χ3n) is 2.14. The largest absolute Gasteiger partial charge is 0.306 e. The van der Waals surface area contributed by atoms with Gasteiger partial charge in [-0.15, -0.1) is 0 Å². The Bertz CT molecular complexity index is 534. The van der Waals surface area contributed by atoms with Crippen molar-refractivity contribution in [3.8, 4) is 5.69 Å². The number of hydrogen-bond donors (Lipinski definition) is 0. The second-order valence-electron chi connectivity index (χ2n) is 3.09. The lowest BCUT2D eigenvalue weighted by Crippen LogP contribution is -1.97. The number of aromatic nitrogens is 2. The average molecular weight is 217 g/mol. The fourth-order valence-corrected chi connectivity index (χ4v) is 1.36. The Balaban J connectivity index is 2.55. The molecule has 16 heavy (non-hydrogen) atoms. The van der Waals surface area contributed by atoms with E-state index in [1.807, 2.05) is 0 Å². The number of benzene rings is 1. The SMILES string of the molecule is O=Cc1ccc(-n2ccnc2)cc1[N+](=O)[O-]. The first-order valence-electron chi connectivity index (χ1n) is 4.44. The summed E-state index contributed by atoms with van der Waals surface area (Å²) in [5.74, 6) is 0. The van der Waals surface area contributed by atoms with Gasteiger partial charge in [0.1, 0.15) is 0 Å². The van der Waals surface area contributed by atoms with E-state index in [-0.39, 0.29) is 11.3 Å². The maximum absolute atomic E-state index is 10.7. The van der Waals surface area contributed by atoms with Crippen molar-refractivity contribution in [2.75, 3.05) is 0 Å². The van der Waals surface area contributed by atoms with Crippen molar-refractivity contribution in [3.05, 3.63) is 52.6 Å². The van der Waals surface area contributed by atoms with Crippen molar-refractivity contribution in [1.82, 2.24) is 9.55 Å². The Morgan fingerprint density at radius 3 is 2.81 bits per heavy atom. The smallest absolute Gasteiger partial charge is 0.281 e. The molecule has 6 nitrogen and oxygen atoms in total. The molecular formula is C10H7N3O3. The van der Waals surface area contributed by atoms with Crippen LogP contribution in [0.1, 0.15) is 10.4 Å². The van der Waals surface area contributed by atoms with Crippen LogP contribution < -0.4 is 0 Å². The van der Waals surface area contributed by atoms with Gasteiger partial charge in [0.15, 0.2) is 6.29 Å². The van der Waals surface area contributed by atoms with Crippen LogP contribution in [0.5, 0.6) is 0 Å². The molecule has 1 aromatic carbocycles. The second kappa shape index (κ2) is 3.93. The van der Waals surface area contributed by atoms with E-state index in [9.17, 15) is 14.9 Å². The predicted octanol–water partition coefficient (Wildman–Crippen LogP) is 1.59. The number of carbonyl (C=O) groups excluding carboxylic acids is 1. The highest BCUT2D eigenvalue weighted by Gasteiger charge is 2.14. The Kier molecular flexibility index (Phi) is 2.47. The van der Waals surface area contributed by atoms with Crippen LogP contribution in [0.2, 0.25) is 0 Å². The highest BCUT2D eigenvalue weighted by Crippen LogP contribution is 2.20. The third-order valence-corrected chi connectivity index (χ3v) is 2.14. The number of rotatable bonds is 3. The summed E-state index contributed by atoms with van der Waals surface area (Å²) in [6, 6.07) is 4.38. The van der Waals surface area contributed by atoms with Gasteiger partial charge in [0.05, 0.1) is 22.5 Å². The lowest BCUT2D eigenvalue weighted by Gasteiger charge is -2.02. The van der Waals surface area contributed by atoms with Gasteiger partial charge in [-0.2, -0.15) is 0 Å². The Hall–Kier alpha value is -2.50. The number of nitro benzene ring substituents is 1. The Labute approximate surface area is 90.3 Å². The van der Waals surface area contributed by atoms with Crippen LogP contribution in [0.25, 0.3) is 5.69 Å². The average Bonchev–Trinajstić information content (AvgIpc) is 2.81. The number of hydrogen-bond acceptors (Lipinski definition) is 4. The summed E-state index contributed by atoms with van der Waals surface area (Å²) in [6.45, 7) is 0. The minimum atomic E-state index is -0.579. The van der Waals surface area contributed by atoms with E-state index in [2.05, 4.69) is 4.98 Å². The van der Waals surface area contributed by atoms with E-state index in [0.717, 1.165) is 0 Å². The molecule has 0 amide bonds. The number of nitrogens with zero attached hydrogens (tertiary/aromatic N) is 3. The molecule has 6 heteroatoms. The molecule has 2 rings (SSSR count). The van der Waals surface area contributed by atoms with Gasteiger partial charge in [0.25, 0.3) is 5.69 Å². The summed E-state index contributed by atoms with van der Waals surface area (Å²) in [6.07, 6.45) is 5.23. The summed E-state index contributed by atoms with van der Waals surface area (Å²) < 4.78 is 1.63. The molecule has 2 aromatic rings. The number of carbonyl (C=O) groups is 1. The molecule has 0 saturated carbocycles. The van der Waals surface area contributed by atoms with Crippen LogP contribution in [0.3, 0.4) is 0 Å². The first-order valence-corrected chi connectivity index (χ1v) is 4.44. The number of nitro groups is 1. The topological polar surface area (TPSA) is 78.0 Å². The molecule has 1 heterocycles. The fraction of sp³-hybridized carbons (Fsp3) is 0. The summed E-state index contributed by atoms with van der Waals surface area (Å²) in [5, 5.41) is 10.7. The minimum absolute atomic E-state index is 0.0638. The van der Waals surface area contributed by atoms with E-state index < -0.39 is 4.92 Å². The van der Waals surface area contributed by atoms with Gasteiger partial charge in [0.2, 0.25) is 0 Å². The van der Waals surface area contributed by atoms with Crippen molar-refractivity contribution >= 4 is 12.0 Å². The van der Waals surface area contributed by atoms with Crippen LogP contribution in [0.15, 0.2) is 36.9 Å². The maximum atomic E-state index is 10.7. The van der Waals surface area contributed by atoms with Gasteiger partial charge in [0, 0.05) is 18.5 Å². The molecule has 0 aliphatic heterocycles. The molecule has 0 saturated heterocycles. The minimum Gasteiger partial charge on any atom is -0.306 e. The summed E-state index contributed by atoms with van der Waals surface area (Å²) in [7, 11) is 0. The van der Waals surface area contributed by atoms with Crippen LogP contribution >= 0.6 is 0 Å². The van der Waals surface area contributed by atoms with Crippen LogP contribution in [-0.2, 0) is 0 Å². The molecule has 0 spiro atoms. The molecule has 0 fully saturated rings. The molecule has 0 atom stereocenters. The molecule has 0 radical (unpaired) electrons. The van der Waals surface area contributed by atoms with Gasteiger partial charge in [-0.05, 0) is 12.1 Å². The molecule has 0 bridgehead atoms. The van der Waals surface area contributed by atoms with Crippen LogP contribution in [0.4, 0.5) is 5.69 Å². The van der Waals surface area contributed by atoms with E-state index in [1.54, 1.807) is 23.0 Å². The van der Waals surface area contributed by atoms with Gasteiger partial charge >= 0.3 is 0 Å². The molecule has 1 aromatic heterocycles. The second-order valence-corrected chi connectivity index (χ2v) is 3.09. The molecular weight excluding hydrogens is 210 g/mol. The molecule has 0 aliphatic carbocycles. The standard InChI is InChI=1S/C10H7N3O3/c14-6-8-1-2-9(5-10(8)13(15)16)12-4-3-11-7-12/h1-7H. The highest BCUT2D eigenvalue weighted by atomic mass is 16.6. The summed E-state index contributed by atoms with van der Waals surface area (Å²) in [5.41, 5.74) is 0.449. The normalized spacial score (nSPS) is 10.0. The van der Waals surface area contributed by atoms with Gasteiger partial charge in [-0.1, -0.05) is 0 Å². The first-order chi connectivity index (χ1) is 7.72. The summed E-state index contributed by atoms with van der Waals surface area (Å²) >= 11 is 0. The number of imidazole rings is 1. The fourth-order valence-electron chi connectivity index (χ4n) is 1.36. The number of aldehydes is 1. The van der Waals surface area contributed by atoms with Crippen molar-refractivity contribution < 1.29 is 9.72 Å². The Morgan fingerprint density at radius 2 is 2.25 bits per heavy atom. The van der Waals surface area contributed by atoms with Crippen LogP contribution in [0, 0.1) is 10.1 Å². The van der Waals surface area contributed by atoms with E-state index >= 15 is 0 Å². The lowest BCUT2D eigenvalue weighted by atomic mass is 10.2. The van der Waals surface area contributed by atoms with Gasteiger partial charge in [-0.3, -0.25) is 14.9 Å². The van der Waals surface area contributed by atoms with Crippen LogP contribution in [-0.4, -0.2) is 20.8 Å². The van der Waals surface area contributed by atoms with Gasteiger partial charge < -0.3 is 4.57 Å². The van der Waals surface area contributed by atoms with Crippen molar-refractivity contribution in [3.63, 3.8) is 0 Å². The molecule has 80 valence electrons. The van der Waals surface area contributed by atoms with Gasteiger partial charge in [-0.25, -0.2) is 4.98 Å². The van der Waals surface area contributed by atoms with E-state index in [1.165, 1.54) is 18.5 Å². The zero-order valence-corrected chi connectivity index (χ0v) is 8.11. The monoisotopic (exact) mass is 217 g/mol. The first kappa shape index (κ1) is 10.0. The van der Waals surface area contributed by atoms with Crippen molar-refractivity contribution in [1.29, 1.82) is 0 Å². The molecule has 0 unspecified atom stereocenters. The predicted molar refractivity (Wildman–Crippen MR) is 55.6 cm³/mol. The quantitative estimate of drug-likeness (QED) is 0.444. The zero-order chi connectivity index (χ0) is 11.5.